The Morgan fingerprint density at radius 2 is 2.00 bits per heavy atom. The number of H-pyrrole nitrogens is 1. The molecule has 0 fully saturated rings. The maximum absolute atomic E-state index is 12.5. The van der Waals surface area contributed by atoms with Crippen LogP contribution < -0.4 is 5.32 Å². The minimum Gasteiger partial charge on any atom is -0.361 e. The number of halogens is 1. The van der Waals surface area contributed by atoms with Crippen LogP contribution >= 0.6 is 11.6 Å². The number of amides is 1. The number of aromatic amines is 1. The molecule has 2 aromatic heterocycles. The van der Waals surface area contributed by atoms with Crippen molar-refractivity contribution in [2.45, 2.75) is 39.2 Å². The average Bonchev–Trinajstić information content (AvgIpc) is 3.03. The lowest BCUT2D eigenvalue weighted by atomic mass is 9.87. The van der Waals surface area contributed by atoms with Crippen LogP contribution in [0.5, 0.6) is 0 Å². The third kappa shape index (κ3) is 4.64. The van der Waals surface area contributed by atoms with Crippen molar-refractivity contribution in [2.24, 2.45) is 5.92 Å². The summed E-state index contributed by atoms with van der Waals surface area (Å²) >= 11 is 6.18. The molecule has 0 aliphatic heterocycles. The predicted molar refractivity (Wildman–Crippen MR) is 106 cm³/mol. The lowest BCUT2D eigenvalue weighted by Gasteiger charge is -2.19. The van der Waals surface area contributed by atoms with Gasteiger partial charge in [0.25, 0.3) is 0 Å². The van der Waals surface area contributed by atoms with Gasteiger partial charge in [-0.15, -0.1) is 0 Å². The zero-order valence-electron chi connectivity index (χ0n) is 15.1. The number of nitrogens with one attached hydrogen (secondary N) is 2. The van der Waals surface area contributed by atoms with E-state index in [4.69, 9.17) is 11.6 Å². The summed E-state index contributed by atoms with van der Waals surface area (Å²) in [6.07, 6.45) is 6.90. The van der Waals surface area contributed by atoms with Gasteiger partial charge < -0.3 is 10.3 Å². The number of benzene rings is 1. The van der Waals surface area contributed by atoms with Gasteiger partial charge in [-0.25, -0.2) is 0 Å². The summed E-state index contributed by atoms with van der Waals surface area (Å²) in [5.74, 6) is 0.709. The molecule has 0 radical (unpaired) electrons. The molecule has 0 unspecified atom stereocenters. The van der Waals surface area contributed by atoms with Crippen LogP contribution in [0.4, 0.5) is 0 Å². The molecule has 0 aliphatic rings. The fourth-order valence-electron chi connectivity index (χ4n) is 3.34. The summed E-state index contributed by atoms with van der Waals surface area (Å²) in [5, 5.41) is 4.83. The van der Waals surface area contributed by atoms with Crippen molar-refractivity contribution in [2.75, 3.05) is 0 Å². The zero-order chi connectivity index (χ0) is 18.5. The fourth-order valence-corrected chi connectivity index (χ4v) is 3.51. The van der Waals surface area contributed by atoms with Crippen molar-refractivity contribution in [1.29, 1.82) is 0 Å². The van der Waals surface area contributed by atoms with E-state index in [1.807, 2.05) is 36.5 Å². The number of carbonyl (C=O) groups is 1. The molecule has 3 rings (SSSR count). The van der Waals surface area contributed by atoms with Gasteiger partial charge in [-0.3, -0.25) is 9.78 Å². The van der Waals surface area contributed by atoms with E-state index in [1.54, 1.807) is 12.4 Å². The van der Waals surface area contributed by atoms with Crippen LogP contribution in [0, 0.1) is 5.92 Å². The second-order valence-corrected chi connectivity index (χ2v) is 7.53. The lowest BCUT2D eigenvalue weighted by Crippen LogP contribution is -2.25. The molecule has 3 aromatic rings. The van der Waals surface area contributed by atoms with E-state index in [2.05, 4.69) is 29.1 Å². The molecule has 2 N–H and O–H groups in total. The summed E-state index contributed by atoms with van der Waals surface area (Å²) in [5.41, 5.74) is 3.26. The Balaban J connectivity index is 1.75. The van der Waals surface area contributed by atoms with E-state index < -0.39 is 0 Å². The van der Waals surface area contributed by atoms with Crippen molar-refractivity contribution in [3.8, 4) is 0 Å². The van der Waals surface area contributed by atoms with Crippen LogP contribution in [0.3, 0.4) is 0 Å². The maximum Gasteiger partial charge on any atom is 0.220 e. The highest BCUT2D eigenvalue weighted by Gasteiger charge is 2.20. The lowest BCUT2D eigenvalue weighted by molar-refractivity contribution is -0.121. The Bertz CT molecular complexity index is 873. The van der Waals surface area contributed by atoms with Crippen molar-refractivity contribution in [3.05, 3.63) is 65.1 Å². The number of rotatable bonds is 7. The molecule has 0 saturated heterocycles. The van der Waals surface area contributed by atoms with E-state index in [0.717, 1.165) is 28.5 Å². The van der Waals surface area contributed by atoms with Gasteiger partial charge in [-0.05, 0) is 59.7 Å². The Kier molecular flexibility index (Phi) is 5.94. The number of nitrogens with zero attached hydrogens (tertiary/aromatic N) is 1. The largest absolute Gasteiger partial charge is 0.361 e. The smallest absolute Gasteiger partial charge is 0.220 e. The Morgan fingerprint density at radius 3 is 2.73 bits per heavy atom. The van der Waals surface area contributed by atoms with Crippen LogP contribution in [0.25, 0.3) is 10.9 Å². The molecule has 1 amide bonds. The van der Waals surface area contributed by atoms with Crippen molar-refractivity contribution in [1.82, 2.24) is 15.3 Å². The molecular weight excluding hydrogens is 346 g/mol. The number of hydrogen-bond donors (Lipinski definition) is 2. The molecule has 1 aromatic carbocycles. The first-order chi connectivity index (χ1) is 12.5. The number of pyridine rings is 1. The van der Waals surface area contributed by atoms with Gasteiger partial charge in [0.2, 0.25) is 5.91 Å². The van der Waals surface area contributed by atoms with E-state index in [9.17, 15) is 4.79 Å². The van der Waals surface area contributed by atoms with E-state index >= 15 is 0 Å². The van der Waals surface area contributed by atoms with Crippen LogP contribution in [0.15, 0.2) is 48.9 Å². The van der Waals surface area contributed by atoms with Gasteiger partial charge in [-0.2, -0.15) is 0 Å². The predicted octanol–water partition coefficient (Wildman–Crippen LogP) is 5.05. The highest BCUT2D eigenvalue weighted by Crippen LogP contribution is 2.33. The molecule has 0 spiro atoms. The Morgan fingerprint density at radius 1 is 1.23 bits per heavy atom. The molecule has 5 heteroatoms. The average molecular weight is 370 g/mol. The second kappa shape index (κ2) is 8.37. The minimum absolute atomic E-state index is 0.0591. The third-order valence-corrected chi connectivity index (χ3v) is 4.78. The first-order valence-corrected chi connectivity index (χ1v) is 9.33. The van der Waals surface area contributed by atoms with Gasteiger partial charge in [0, 0.05) is 47.5 Å². The SMILES string of the molecule is CC(C)C[C@H](CC(=O)NCc1ccncc1)c1c[nH]c2ccc(Cl)cc12. The molecular formula is C21H24ClN3O. The number of carbonyl (C=O) groups excluding carboxylic acids is 1. The van der Waals surface area contributed by atoms with Gasteiger partial charge in [0.15, 0.2) is 0 Å². The Labute approximate surface area is 159 Å². The van der Waals surface area contributed by atoms with Crippen molar-refractivity contribution < 1.29 is 4.79 Å². The molecule has 0 bridgehead atoms. The first-order valence-electron chi connectivity index (χ1n) is 8.95. The van der Waals surface area contributed by atoms with E-state index in [0.29, 0.717) is 23.9 Å². The summed E-state index contributed by atoms with van der Waals surface area (Å²) in [4.78, 5) is 19.8. The monoisotopic (exact) mass is 369 g/mol. The normalized spacial score (nSPS) is 12.5. The third-order valence-electron chi connectivity index (χ3n) is 4.54. The van der Waals surface area contributed by atoms with E-state index in [1.165, 1.54) is 0 Å². The van der Waals surface area contributed by atoms with Gasteiger partial charge in [0.1, 0.15) is 0 Å². The van der Waals surface area contributed by atoms with Crippen LogP contribution in [-0.4, -0.2) is 15.9 Å². The zero-order valence-corrected chi connectivity index (χ0v) is 15.9. The maximum atomic E-state index is 12.5. The number of fused-ring (bicyclic) bond motifs is 1. The van der Waals surface area contributed by atoms with Crippen LogP contribution in [0.2, 0.25) is 5.02 Å². The topological polar surface area (TPSA) is 57.8 Å². The van der Waals surface area contributed by atoms with Gasteiger partial charge >= 0.3 is 0 Å². The van der Waals surface area contributed by atoms with Crippen molar-refractivity contribution in [3.63, 3.8) is 0 Å². The number of hydrogen-bond acceptors (Lipinski definition) is 2. The highest BCUT2D eigenvalue weighted by atomic mass is 35.5. The number of aromatic nitrogens is 2. The Hall–Kier alpha value is -2.33. The molecule has 26 heavy (non-hydrogen) atoms. The summed E-state index contributed by atoms with van der Waals surface area (Å²) < 4.78 is 0. The van der Waals surface area contributed by atoms with Crippen LogP contribution in [0.1, 0.15) is 43.7 Å². The molecule has 0 saturated carbocycles. The van der Waals surface area contributed by atoms with Gasteiger partial charge in [0.05, 0.1) is 0 Å². The highest BCUT2D eigenvalue weighted by molar-refractivity contribution is 6.31. The molecule has 136 valence electrons. The quantitative estimate of drug-likeness (QED) is 0.612. The molecule has 0 aliphatic carbocycles. The first kappa shape index (κ1) is 18.5. The van der Waals surface area contributed by atoms with Crippen LogP contribution in [-0.2, 0) is 11.3 Å². The van der Waals surface area contributed by atoms with E-state index in [-0.39, 0.29) is 11.8 Å². The summed E-state index contributed by atoms with van der Waals surface area (Å²) in [7, 11) is 0. The fraction of sp³-hybridized carbons (Fsp3) is 0.333. The standard InChI is InChI=1S/C21H24ClN3O/c1-14(2)9-16(10-21(26)25-12-15-5-7-23-8-6-15)19-13-24-20-4-3-17(22)11-18(19)20/h3-8,11,13-14,16,24H,9-10,12H2,1-2H3,(H,25,26)/t16-/m1/s1. The van der Waals surface area contributed by atoms with Gasteiger partial charge in [-0.1, -0.05) is 25.4 Å². The summed E-state index contributed by atoms with van der Waals surface area (Å²) in [6.45, 7) is 4.89. The molecule has 1 atom stereocenters. The molecule has 4 nitrogen and oxygen atoms in total. The second-order valence-electron chi connectivity index (χ2n) is 7.10. The summed E-state index contributed by atoms with van der Waals surface area (Å²) in [6, 6.07) is 9.66. The van der Waals surface area contributed by atoms with Crippen molar-refractivity contribution >= 4 is 28.4 Å². The molecule has 2 heterocycles. The minimum atomic E-state index is 0.0591.